The Morgan fingerprint density at radius 3 is 1.84 bits per heavy atom. The molecular formula is C17H28N2O6. The van der Waals surface area contributed by atoms with Gasteiger partial charge in [-0.1, -0.05) is 0 Å². The fraction of sp³-hybridized carbons (Fsp3) is 0.588. The summed E-state index contributed by atoms with van der Waals surface area (Å²) in [6, 6.07) is 2.88. The van der Waals surface area contributed by atoms with Crippen molar-refractivity contribution >= 4 is 11.7 Å². The second-order valence-corrected chi connectivity index (χ2v) is 4.97. The Hall–Kier alpha value is -2.19. The summed E-state index contributed by atoms with van der Waals surface area (Å²) >= 11 is 0. The predicted molar refractivity (Wildman–Crippen MR) is 94.7 cm³/mol. The fourth-order valence-electron chi connectivity index (χ4n) is 2.22. The van der Waals surface area contributed by atoms with Crippen LogP contribution in [-0.2, 0) is 0 Å². The van der Waals surface area contributed by atoms with Crippen molar-refractivity contribution in [2.24, 2.45) is 0 Å². The van der Waals surface area contributed by atoms with Crippen LogP contribution in [0.15, 0.2) is 12.1 Å². The molecule has 0 spiro atoms. The number of aliphatic hydroxyl groups excluding tert-OH is 2. The Kier molecular flexibility index (Phi) is 9.49. The smallest absolute Gasteiger partial charge is 0.322 e. The van der Waals surface area contributed by atoms with E-state index in [1.54, 1.807) is 12.1 Å². The number of hydrogen-bond acceptors (Lipinski definition) is 6. The summed E-state index contributed by atoms with van der Waals surface area (Å²) in [4.78, 5) is 13.6. The van der Waals surface area contributed by atoms with Crippen molar-refractivity contribution < 1.29 is 29.2 Å². The molecular weight excluding hydrogens is 328 g/mol. The van der Waals surface area contributed by atoms with E-state index < -0.39 is 6.03 Å². The molecule has 0 saturated heterocycles. The lowest BCUT2D eigenvalue weighted by Gasteiger charge is -2.22. The van der Waals surface area contributed by atoms with Crippen molar-refractivity contribution in [3.05, 3.63) is 12.1 Å². The summed E-state index contributed by atoms with van der Waals surface area (Å²) < 4.78 is 16.8. The summed E-state index contributed by atoms with van der Waals surface area (Å²) in [5.74, 6) is 1.44. The van der Waals surface area contributed by atoms with E-state index in [1.807, 2.05) is 20.8 Å². The lowest BCUT2D eigenvalue weighted by atomic mass is 10.2. The van der Waals surface area contributed by atoms with E-state index in [2.05, 4.69) is 5.32 Å². The van der Waals surface area contributed by atoms with Crippen molar-refractivity contribution in [3.63, 3.8) is 0 Å². The van der Waals surface area contributed by atoms with E-state index in [9.17, 15) is 4.79 Å². The molecule has 8 heteroatoms. The van der Waals surface area contributed by atoms with Gasteiger partial charge in [-0.05, 0) is 20.8 Å². The first-order valence-corrected chi connectivity index (χ1v) is 8.45. The summed E-state index contributed by atoms with van der Waals surface area (Å²) in [7, 11) is 0. The number of carbonyl (C=O) groups is 1. The molecule has 2 amide bonds. The van der Waals surface area contributed by atoms with Crippen molar-refractivity contribution in [1.29, 1.82) is 0 Å². The first kappa shape index (κ1) is 20.9. The van der Waals surface area contributed by atoms with Crippen LogP contribution in [0, 0.1) is 0 Å². The minimum atomic E-state index is -0.433. The first-order chi connectivity index (χ1) is 12.1. The molecule has 0 unspecified atom stereocenters. The van der Waals surface area contributed by atoms with Crippen LogP contribution in [0.1, 0.15) is 20.8 Å². The van der Waals surface area contributed by atoms with Gasteiger partial charge in [-0.15, -0.1) is 0 Å². The zero-order valence-corrected chi connectivity index (χ0v) is 15.1. The zero-order chi connectivity index (χ0) is 18.7. The van der Waals surface area contributed by atoms with E-state index in [4.69, 9.17) is 24.4 Å². The molecule has 1 aromatic carbocycles. The van der Waals surface area contributed by atoms with Gasteiger partial charge in [0.25, 0.3) is 0 Å². The van der Waals surface area contributed by atoms with Gasteiger partial charge < -0.3 is 34.6 Å². The molecule has 0 aromatic heterocycles. The predicted octanol–water partition coefficient (Wildman–Crippen LogP) is 1.70. The average molecular weight is 356 g/mol. The number of amides is 2. The van der Waals surface area contributed by atoms with Crippen LogP contribution in [0.25, 0.3) is 0 Å². The molecule has 0 aliphatic carbocycles. The van der Waals surface area contributed by atoms with Crippen molar-refractivity contribution in [3.8, 4) is 17.2 Å². The lowest BCUT2D eigenvalue weighted by molar-refractivity contribution is 0.167. The summed E-state index contributed by atoms with van der Waals surface area (Å²) in [5, 5.41) is 20.8. The molecule has 3 N–H and O–H groups in total. The molecule has 1 aromatic rings. The number of urea groups is 1. The van der Waals surface area contributed by atoms with Crippen LogP contribution < -0.4 is 19.5 Å². The number of anilines is 1. The van der Waals surface area contributed by atoms with E-state index in [0.717, 1.165) is 0 Å². The Morgan fingerprint density at radius 1 is 0.960 bits per heavy atom. The molecule has 1 rings (SSSR count). The first-order valence-electron chi connectivity index (χ1n) is 8.45. The van der Waals surface area contributed by atoms with Crippen molar-refractivity contribution in [1.82, 2.24) is 4.90 Å². The van der Waals surface area contributed by atoms with Crippen molar-refractivity contribution in [2.75, 3.05) is 51.4 Å². The number of benzene rings is 1. The van der Waals surface area contributed by atoms with E-state index in [1.165, 1.54) is 4.90 Å². The maximum absolute atomic E-state index is 12.3. The largest absolute Gasteiger partial charge is 0.490 e. The molecule has 8 nitrogen and oxygen atoms in total. The third-order valence-corrected chi connectivity index (χ3v) is 3.19. The number of hydrogen-bond donors (Lipinski definition) is 3. The maximum atomic E-state index is 12.3. The van der Waals surface area contributed by atoms with Crippen LogP contribution in [0.4, 0.5) is 10.5 Å². The Morgan fingerprint density at radius 2 is 1.44 bits per heavy atom. The van der Waals surface area contributed by atoms with Crippen molar-refractivity contribution in [2.45, 2.75) is 20.8 Å². The van der Waals surface area contributed by atoms with Crippen LogP contribution in [0.2, 0.25) is 0 Å². The van der Waals surface area contributed by atoms with Gasteiger partial charge in [0, 0.05) is 25.2 Å². The minimum Gasteiger partial charge on any atom is -0.490 e. The van der Waals surface area contributed by atoms with E-state index >= 15 is 0 Å². The van der Waals surface area contributed by atoms with Crippen LogP contribution in [0.5, 0.6) is 17.2 Å². The highest BCUT2D eigenvalue weighted by Gasteiger charge is 2.18. The molecule has 0 bridgehead atoms. The zero-order valence-electron chi connectivity index (χ0n) is 15.1. The Labute approximate surface area is 148 Å². The number of nitrogens with one attached hydrogen (secondary N) is 1. The highest BCUT2D eigenvalue weighted by Crippen LogP contribution is 2.40. The van der Waals surface area contributed by atoms with Gasteiger partial charge in [0.05, 0.1) is 38.7 Å². The molecule has 0 heterocycles. The van der Waals surface area contributed by atoms with E-state index in [0.29, 0.717) is 42.8 Å². The monoisotopic (exact) mass is 356 g/mol. The van der Waals surface area contributed by atoms with Gasteiger partial charge >= 0.3 is 6.03 Å². The third-order valence-electron chi connectivity index (χ3n) is 3.19. The number of carbonyl (C=O) groups excluding carboxylic acids is 1. The molecule has 0 aliphatic heterocycles. The third kappa shape index (κ3) is 6.32. The molecule has 25 heavy (non-hydrogen) atoms. The SMILES string of the molecule is CCOc1cc(NC(=O)N(CCO)CCO)cc(OCC)c1OCC. The summed E-state index contributed by atoms with van der Waals surface area (Å²) in [6.07, 6.45) is 0. The summed E-state index contributed by atoms with van der Waals surface area (Å²) in [6.45, 7) is 6.76. The van der Waals surface area contributed by atoms with Crippen LogP contribution >= 0.6 is 0 Å². The lowest BCUT2D eigenvalue weighted by Crippen LogP contribution is -2.38. The highest BCUT2D eigenvalue weighted by atomic mass is 16.5. The topological polar surface area (TPSA) is 100 Å². The maximum Gasteiger partial charge on any atom is 0.322 e. The van der Waals surface area contributed by atoms with Gasteiger partial charge in [0.1, 0.15) is 0 Å². The Balaban J connectivity index is 3.10. The molecule has 142 valence electrons. The normalized spacial score (nSPS) is 10.3. The fourth-order valence-corrected chi connectivity index (χ4v) is 2.22. The van der Waals surface area contributed by atoms with E-state index in [-0.39, 0.29) is 26.3 Å². The van der Waals surface area contributed by atoms with Gasteiger partial charge in [0.15, 0.2) is 11.5 Å². The number of rotatable bonds is 11. The van der Waals surface area contributed by atoms with Gasteiger partial charge in [-0.2, -0.15) is 0 Å². The van der Waals surface area contributed by atoms with Gasteiger partial charge in [-0.25, -0.2) is 4.79 Å². The second kappa shape index (κ2) is 11.4. The highest BCUT2D eigenvalue weighted by molar-refractivity contribution is 5.90. The Bertz CT molecular complexity index is 505. The van der Waals surface area contributed by atoms with Gasteiger partial charge in [0.2, 0.25) is 5.75 Å². The number of aliphatic hydroxyl groups is 2. The quantitative estimate of drug-likeness (QED) is 0.558. The molecule has 0 saturated carbocycles. The molecule has 0 atom stereocenters. The average Bonchev–Trinajstić information content (AvgIpc) is 2.58. The standard InChI is InChI=1S/C17H28N2O6/c1-4-23-14-11-13(12-15(24-5-2)16(14)25-6-3)18-17(22)19(7-9-20)8-10-21/h11-12,20-21H,4-10H2,1-3H3,(H,18,22). The molecule has 0 fully saturated rings. The summed E-state index contributed by atoms with van der Waals surface area (Å²) in [5.41, 5.74) is 0.473. The second-order valence-electron chi connectivity index (χ2n) is 4.97. The minimum absolute atomic E-state index is 0.125. The van der Waals surface area contributed by atoms with Crippen LogP contribution in [-0.4, -0.2) is 67.3 Å². The molecule has 0 aliphatic rings. The molecule has 0 radical (unpaired) electrons. The number of ether oxygens (including phenoxy) is 3. The van der Waals surface area contributed by atoms with Gasteiger partial charge in [-0.3, -0.25) is 0 Å². The number of nitrogens with zero attached hydrogens (tertiary/aromatic N) is 1. The van der Waals surface area contributed by atoms with Crippen LogP contribution in [0.3, 0.4) is 0 Å².